The lowest BCUT2D eigenvalue weighted by atomic mass is 9.75. The maximum atomic E-state index is 12.1. The van der Waals surface area contributed by atoms with Crippen LogP contribution in [0.4, 0.5) is 0 Å². The molecular weight excluding hydrogens is 320 g/mol. The first kappa shape index (κ1) is 17.6. The first-order chi connectivity index (χ1) is 11.9. The van der Waals surface area contributed by atoms with Crippen LogP contribution in [0.1, 0.15) is 31.4 Å². The van der Waals surface area contributed by atoms with Gasteiger partial charge in [0.25, 0.3) is 0 Å². The molecule has 25 heavy (non-hydrogen) atoms. The van der Waals surface area contributed by atoms with Crippen LogP contribution < -0.4 is 4.74 Å². The lowest BCUT2D eigenvalue weighted by molar-refractivity contribution is -0.487. The van der Waals surface area contributed by atoms with E-state index < -0.39 is 17.3 Å². The summed E-state index contributed by atoms with van der Waals surface area (Å²) in [4.78, 5) is 23.2. The largest absolute Gasteiger partial charge is 0.497 e. The third kappa shape index (κ3) is 3.18. The highest BCUT2D eigenvalue weighted by atomic mass is 17.2. The van der Waals surface area contributed by atoms with Crippen LogP contribution in [0.3, 0.4) is 0 Å². The molecule has 3 atom stereocenters. The average Bonchev–Trinajstić information content (AvgIpc) is 2.62. The number of ether oxygens (including phenoxy) is 1. The molecule has 3 rings (SSSR count). The summed E-state index contributed by atoms with van der Waals surface area (Å²) in [6.45, 7) is 2.90. The number of hydrogen-bond donors (Lipinski definition) is 1. The molecule has 1 fully saturated rings. The van der Waals surface area contributed by atoms with E-state index in [4.69, 9.17) is 14.5 Å². The Hall–Kier alpha value is -2.21. The summed E-state index contributed by atoms with van der Waals surface area (Å²) in [5.74, 6) is -1.82. The van der Waals surface area contributed by atoms with Gasteiger partial charge in [0, 0.05) is 6.42 Å². The quantitative estimate of drug-likeness (QED) is 0.865. The van der Waals surface area contributed by atoms with Crippen molar-refractivity contribution >= 4 is 5.78 Å². The first-order valence-electron chi connectivity index (χ1n) is 8.19. The molecule has 0 saturated carbocycles. The predicted molar refractivity (Wildman–Crippen MR) is 91.8 cm³/mol. The van der Waals surface area contributed by atoms with Crippen LogP contribution in [0.5, 0.6) is 5.75 Å². The van der Waals surface area contributed by atoms with Crippen LogP contribution >= 0.6 is 0 Å². The maximum absolute atomic E-state index is 12.1. The average molecular weight is 342 g/mol. The standard InChI is InChI=1S/C20H22O5/c1-14(21)18-13-20(25-24-19(18,2)22,15-7-5-4-6-8-15)16-9-11-17(23-3)12-10-16/h4-12,18,22H,13H2,1-3H3. The highest BCUT2D eigenvalue weighted by molar-refractivity contribution is 5.79. The molecule has 0 aliphatic carbocycles. The summed E-state index contributed by atoms with van der Waals surface area (Å²) in [7, 11) is 1.60. The van der Waals surface area contributed by atoms with Crippen molar-refractivity contribution in [1.29, 1.82) is 0 Å². The van der Waals surface area contributed by atoms with Gasteiger partial charge >= 0.3 is 0 Å². The molecule has 3 unspecified atom stereocenters. The Labute approximate surface area is 147 Å². The second kappa shape index (κ2) is 6.59. The summed E-state index contributed by atoms with van der Waals surface area (Å²) >= 11 is 0. The maximum Gasteiger partial charge on any atom is 0.206 e. The van der Waals surface area contributed by atoms with Gasteiger partial charge in [-0.3, -0.25) is 4.79 Å². The second-order valence-corrected chi connectivity index (χ2v) is 6.51. The summed E-state index contributed by atoms with van der Waals surface area (Å²) < 4.78 is 5.22. The molecule has 0 spiro atoms. The fraction of sp³-hybridized carbons (Fsp3) is 0.350. The molecule has 5 nitrogen and oxygen atoms in total. The van der Waals surface area contributed by atoms with Gasteiger partial charge in [0.2, 0.25) is 5.79 Å². The zero-order chi connectivity index (χ0) is 18.1. The van der Waals surface area contributed by atoms with Gasteiger partial charge in [-0.05, 0) is 37.1 Å². The van der Waals surface area contributed by atoms with E-state index in [0.717, 1.165) is 16.9 Å². The third-order valence-corrected chi connectivity index (χ3v) is 4.78. The molecule has 0 aromatic heterocycles. The number of rotatable bonds is 4. The van der Waals surface area contributed by atoms with Gasteiger partial charge in [-0.2, -0.15) is 4.89 Å². The monoisotopic (exact) mass is 342 g/mol. The van der Waals surface area contributed by atoms with Gasteiger partial charge in [-0.15, -0.1) is 0 Å². The Morgan fingerprint density at radius 2 is 1.68 bits per heavy atom. The van der Waals surface area contributed by atoms with E-state index in [1.54, 1.807) is 7.11 Å². The topological polar surface area (TPSA) is 65.0 Å². The Kier molecular flexibility index (Phi) is 4.64. The van der Waals surface area contributed by atoms with Gasteiger partial charge in [0.1, 0.15) is 11.5 Å². The zero-order valence-electron chi connectivity index (χ0n) is 14.6. The molecule has 1 N–H and O–H groups in total. The summed E-state index contributed by atoms with van der Waals surface area (Å²) in [5, 5.41) is 10.4. The number of carbonyl (C=O) groups is 1. The van der Waals surface area contributed by atoms with E-state index >= 15 is 0 Å². The van der Waals surface area contributed by atoms with Crippen molar-refractivity contribution in [2.75, 3.05) is 7.11 Å². The van der Waals surface area contributed by atoms with Gasteiger partial charge in [-0.25, -0.2) is 4.89 Å². The molecule has 1 heterocycles. The SMILES string of the molecule is COc1ccc(C2(c3ccccc3)CC(C(C)=O)C(C)(O)OO2)cc1. The highest BCUT2D eigenvalue weighted by Crippen LogP contribution is 2.47. The van der Waals surface area contributed by atoms with Crippen LogP contribution in [0.25, 0.3) is 0 Å². The molecular formula is C20H22O5. The minimum absolute atomic E-state index is 0.151. The smallest absolute Gasteiger partial charge is 0.206 e. The van der Waals surface area contributed by atoms with E-state index in [1.165, 1.54) is 13.8 Å². The lowest BCUT2D eigenvalue weighted by Crippen LogP contribution is -2.53. The Morgan fingerprint density at radius 3 is 2.24 bits per heavy atom. The van der Waals surface area contributed by atoms with Crippen molar-refractivity contribution in [3.8, 4) is 5.75 Å². The predicted octanol–water partition coefficient (Wildman–Crippen LogP) is 3.20. The van der Waals surface area contributed by atoms with Gasteiger partial charge in [0.15, 0.2) is 5.60 Å². The van der Waals surface area contributed by atoms with Crippen molar-refractivity contribution in [2.24, 2.45) is 5.92 Å². The van der Waals surface area contributed by atoms with Crippen LogP contribution in [0.2, 0.25) is 0 Å². The summed E-state index contributed by atoms with van der Waals surface area (Å²) in [6.07, 6.45) is 0.270. The molecule has 1 aliphatic rings. The van der Waals surface area contributed by atoms with E-state index in [1.807, 2.05) is 54.6 Å². The van der Waals surface area contributed by atoms with E-state index in [-0.39, 0.29) is 12.2 Å². The minimum Gasteiger partial charge on any atom is -0.497 e. The highest BCUT2D eigenvalue weighted by Gasteiger charge is 2.52. The van der Waals surface area contributed by atoms with Crippen molar-refractivity contribution in [3.05, 3.63) is 65.7 Å². The molecule has 0 radical (unpaired) electrons. The summed E-state index contributed by atoms with van der Waals surface area (Å²) in [6, 6.07) is 17.0. The van der Waals surface area contributed by atoms with Crippen molar-refractivity contribution in [3.63, 3.8) is 0 Å². The minimum atomic E-state index is -1.67. The van der Waals surface area contributed by atoms with Crippen LogP contribution in [-0.2, 0) is 20.2 Å². The fourth-order valence-electron chi connectivity index (χ4n) is 3.31. The molecule has 0 bridgehead atoms. The molecule has 2 aromatic rings. The Balaban J connectivity index is 2.12. The fourth-order valence-corrected chi connectivity index (χ4v) is 3.31. The summed E-state index contributed by atoms with van der Waals surface area (Å²) in [5.41, 5.74) is 0.676. The number of benzene rings is 2. The zero-order valence-corrected chi connectivity index (χ0v) is 14.6. The van der Waals surface area contributed by atoms with Crippen molar-refractivity contribution < 1.29 is 24.4 Å². The van der Waals surface area contributed by atoms with E-state index in [9.17, 15) is 9.90 Å². The molecule has 0 amide bonds. The number of aliphatic hydroxyl groups is 1. The van der Waals surface area contributed by atoms with Crippen LogP contribution in [0, 0.1) is 5.92 Å². The molecule has 2 aromatic carbocycles. The number of carbonyl (C=O) groups excluding carboxylic acids is 1. The second-order valence-electron chi connectivity index (χ2n) is 6.51. The normalized spacial score (nSPS) is 29.2. The molecule has 5 heteroatoms. The number of methoxy groups -OCH3 is 1. The van der Waals surface area contributed by atoms with Gasteiger partial charge in [0.05, 0.1) is 13.0 Å². The number of Topliss-reactive ketones (excluding diaryl/α,β-unsaturated/α-hetero) is 1. The lowest BCUT2D eigenvalue weighted by Gasteiger charge is -2.45. The van der Waals surface area contributed by atoms with Gasteiger partial charge < -0.3 is 9.84 Å². The van der Waals surface area contributed by atoms with Crippen molar-refractivity contribution in [1.82, 2.24) is 0 Å². The van der Waals surface area contributed by atoms with Crippen LogP contribution in [-0.4, -0.2) is 23.8 Å². The number of hydrogen-bond acceptors (Lipinski definition) is 5. The van der Waals surface area contributed by atoms with Crippen LogP contribution in [0.15, 0.2) is 54.6 Å². The third-order valence-electron chi connectivity index (χ3n) is 4.78. The Bertz CT molecular complexity index is 738. The Morgan fingerprint density at radius 1 is 1.08 bits per heavy atom. The van der Waals surface area contributed by atoms with E-state index in [2.05, 4.69) is 0 Å². The first-order valence-corrected chi connectivity index (χ1v) is 8.19. The number of ketones is 1. The molecule has 132 valence electrons. The molecule has 1 aliphatic heterocycles. The molecule has 1 saturated heterocycles. The van der Waals surface area contributed by atoms with E-state index in [0.29, 0.717) is 0 Å². The van der Waals surface area contributed by atoms with Gasteiger partial charge in [-0.1, -0.05) is 42.5 Å². The van der Waals surface area contributed by atoms with Crippen molar-refractivity contribution in [2.45, 2.75) is 31.7 Å².